The van der Waals surface area contributed by atoms with Gasteiger partial charge in [0.1, 0.15) is 5.76 Å². The first-order valence-electron chi connectivity index (χ1n) is 11.7. The number of carbonyl (C=O) groups excluding carboxylic acids is 2. The highest BCUT2D eigenvalue weighted by Gasteiger charge is 2.47. The number of ketones is 1. The maximum Gasteiger partial charge on any atom is 0.300 e. The van der Waals surface area contributed by atoms with Crippen molar-refractivity contribution in [1.82, 2.24) is 0 Å². The molecule has 6 nitrogen and oxygen atoms in total. The summed E-state index contributed by atoms with van der Waals surface area (Å²) in [6, 6.07) is 16.2. The number of methoxy groups -OCH3 is 1. The van der Waals surface area contributed by atoms with Gasteiger partial charge in [0, 0.05) is 35.1 Å². The van der Waals surface area contributed by atoms with Gasteiger partial charge < -0.3 is 14.7 Å². The molecule has 1 saturated heterocycles. The number of aliphatic hydroxyl groups is 1. The quantitative estimate of drug-likeness (QED) is 0.189. The molecule has 0 radical (unpaired) electrons. The van der Waals surface area contributed by atoms with E-state index in [0.29, 0.717) is 16.3 Å². The Labute approximate surface area is 230 Å². The van der Waals surface area contributed by atoms with E-state index in [0.717, 1.165) is 18.8 Å². The van der Waals surface area contributed by atoms with Gasteiger partial charge in [0.25, 0.3) is 11.7 Å². The smallest absolute Gasteiger partial charge is 0.300 e. The third-order valence-electron chi connectivity index (χ3n) is 6.36. The van der Waals surface area contributed by atoms with E-state index >= 15 is 0 Å². The van der Waals surface area contributed by atoms with Crippen LogP contribution in [0.25, 0.3) is 5.76 Å². The van der Waals surface area contributed by atoms with E-state index in [1.54, 1.807) is 24.3 Å². The number of halogens is 3. The minimum Gasteiger partial charge on any atom is -0.507 e. The van der Waals surface area contributed by atoms with Gasteiger partial charge in [-0.3, -0.25) is 14.5 Å². The molecular weight excluding hydrogens is 535 g/mol. The van der Waals surface area contributed by atoms with Crippen LogP contribution in [0.4, 0.5) is 11.4 Å². The highest BCUT2D eigenvalue weighted by Crippen LogP contribution is 2.44. The first-order chi connectivity index (χ1) is 17.7. The van der Waals surface area contributed by atoms with Crippen molar-refractivity contribution in [3.63, 3.8) is 0 Å². The lowest BCUT2D eigenvalue weighted by atomic mass is 9.94. The van der Waals surface area contributed by atoms with Crippen LogP contribution >= 0.6 is 34.8 Å². The summed E-state index contributed by atoms with van der Waals surface area (Å²) in [4.78, 5) is 30.3. The number of benzene rings is 3. The number of rotatable bonds is 7. The molecule has 0 spiro atoms. The zero-order chi connectivity index (χ0) is 26.9. The summed E-state index contributed by atoms with van der Waals surface area (Å²) in [5, 5.41) is 12.2. The second kappa shape index (κ2) is 11.1. The zero-order valence-electron chi connectivity index (χ0n) is 20.5. The minimum absolute atomic E-state index is 0.0761. The van der Waals surface area contributed by atoms with E-state index in [1.807, 2.05) is 24.3 Å². The first-order valence-corrected chi connectivity index (χ1v) is 12.8. The Morgan fingerprint density at radius 2 is 1.51 bits per heavy atom. The highest BCUT2D eigenvalue weighted by molar-refractivity contribution is 6.52. The molecule has 3 aromatic carbocycles. The van der Waals surface area contributed by atoms with Gasteiger partial charge in [0.15, 0.2) is 5.75 Å². The second-order valence-corrected chi connectivity index (χ2v) is 9.63. The van der Waals surface area contributed by atoms with Crippen LogP contribution in [0.2, 0.25) is 15.1 Å². The van der Waals surface area contributed by atoms with E-state index in [9.17, 15) is 14.7 Å². The highest BCUT2D eigenvalue weighted by atomic mass is 35.5. The molecule has 1 N–H and O–H groups in total. The van der Waals surface area contributed by atoms with Crippen LogP contribution in [-0.4, -0.2) is 37.0 Å². The monoisotopic (exact) mass is 558 g/mol. The van der Waals surface area contributed by atoms with E-state index in [2.05, 4.69) is 18.7 Å². The van der Waals surface area contributed by atoms with E-state index in [-0.39, 0.29) is 32.7 Å². The number of Topliss-reactive ketones (excluding diaryl/α,β-unsaturated/α-hetero) is 1. The summed E-state index contributed by atoms with van der Waals surface area (Å²) in [5.41, 5.74) is 2.24. The number of carbonyl (C=O) groups is 2. The van der Waals surface area contributed by atoms with Crippen molar-refractivity contribution in [3.8, 4) is 5.75 Å². The molecule has 1 amide bonds. The zero-order valence-corrected chi connectivity index (χ0v) is 22.7. The lowest BCUT2D eigenvalue weighted by Crippen LogP contribution is -2.29. The Bertz CT molecular complexity index is 1340. The molecule has 192 valence electrons. The van der Waals surface area contributed by atoms with Crippen molar-refractivity contribution in [2.75, 3.05) is 30.0 Å². The van der Waals surface area contributed by atoms with Gasteiger partial charge in [-0.15, -0.1) is 0 Å². The SMILES string of the molecule is CCN(CC)c1ccc(C2/C(=C(\O)c3cc(Cl)c(OC)c(Cl)c3)C(=O)C(=O)N2c2ccc(Cl)cc2)cc1. The van der Waals surface area contributed by atoms with Gasteiger partial charge in [0.05, 0.1) is 28.8 Å². The molecule has 1 unspecified atom stereocenters. The summed E-state index contributed by atoms with van der Waals surface area (Å²) in [6.07, 6.45) is 0. The first kappa shape index (κ1) is 26.9. The Hall–Kier alpha value is -3.19. The number of anilines is 2. The molecule has 0 bridgehead atoms. The number of hydrogen-bond donors (Lipinski definition) is 1. The van der Waals surface area contributed by atoms with Crippen molar-refractivity contribution in [1.29, 1.82) is 0 Å². The normalized spacial score (nSPS) is 16.8. The maximum absolute atomic E-state index is 13.4. The molecule has 0 aliphatic carbocycles. The van der Waals surface area contributed by atoms with E-state index in [1.165, 1.54) is 24.1 Å². The van der Waals surface area contributed by atoms with Crippen LogP contribution in [0.15, 0.2) is 66.2 Å². The maximum atomic E-state index is 13.4. The fraction of sp³-hybridized carbons (Fsp3) is 0.214. The fourth-order valence-corrected chi connectivity index (χ4v) is 5.29. The average Bonchev–Trinajstić information content (AvgIpc) is 3.15. The third-order valence-corrected chi connectivity index (χ3v) is 7.18. The van der Waals surface area contributed by atoms with Gasteiger partial charge in [-0.1, -0.05) is 46.9 Å². The van der Waals surface area contributed by atoms with E-state index in [4.69, 9.17) is 39.5 Å². The topological polar surface area (TPSA) is 70.1 Å². The van der Waals surface area contributed by atoms with Crippen LogP contribution < -0.4 is 14.5 Å². The molecule has 0 aromatic heterocycles. The fourth-order valence-electron chi connectivity index (χ4n) is 4.52. The van der Waals surface area contributed by atoms with Crippen molar-refractivity contribution in [3.05, 3.63) is 92.4 Å². The average molecular weight is 560 g/mol. The molecule has 37 heavy (non-hydrogen) atoms. The van der Waals surface area contributed by atoms with Gasteiger partial charge in [-0.2, -0.15) is 0 Å². The van der Waals surface area contributed by atoms with Gasteiger partial charge >= 0.3 is 0 Å². The predicted octanol–water partition coefficient (Wildman–Crippen LogP) is 7.13. The largest absolute Gasteiger partial charge is 0.507 e. The van der Waals surface area contributed by atoms with Crippen LogP contribution in [0, 0.1) is 0 Å². The molecule has 1 fully saturated rings. The van der Waals surface area contributed by atoms with Crippen LogP contribution in [-0.2, 0) is 9.59 Å². The molecule has 9 heteroatoms. The number of ether oxygens (including phenoxy) is 1. The molecule has 4 rings (SSSR count). The van der Waals surface area contributed by atoms with Crippen LogP contribution in [0.3, 0.4) is 0 Å². The van der Waals surface area contributed by atoms with Crippen molar-refractivity contribution >= 4 is 63.6 Å². The molecule has 1 aliphatic heterocycles. The number of amides is 1. The van der Waals surface area contributed by atoms with Gasteiger partial charge in [-0.05, 0) is 67.9 Å². The van der Waals surface area contributed by atoms with Crippen LogP contribution in [0.5, 0.6) is 5.75 Å². The Morgan fingerprint density at radius 1 is 0.946 bits per heavy atom. The second-order valence-electron chi connectivity index (χ2n) is 8.38. The predicted molar refractivity (Wildman–Crippen MR) is 149 cm³/mol. The number of hydrogen-bond acceptors (Lipinski definition) is 5. The van der Waals surface area contributed by atoms with Crippen molar-refractivity contribution in [2.45, 2.75) is 19.9 Å². The molecule has 1 aliphatic rings. The standard InChI is InChI=1S/C28H25Cl3N2O4/c1-4-32(5-2)19-10-6-16(7-11-19)24-23(25(34)17-14-21(30)27(37-3)22(31)15-17)26(35)28(36)33(24)20-12-8-18(29)9-13-20/h6-15,24,34H,4-5H2,1-3H3/b25-23+. The summed E-state index contributed by atoms with van der Waals surface area (Å²) in [5.74, 6) is -1.75. The Morgan fingerprint density at radius 3 is 2.03 bits per heavy atom. The lowest BCUT2D eigenvalue weighted by Gasteiger charge is -2.27. The van der Waals surface area contributed by atoms with Crippen molar-refractivity contribution < 1.29 is 19.4 Å². The van der Waals surface area contributed by atoms with Gasteiger partial charge in [-0.25, -0.2) is 0 Å². The third kappa shape index (κ3) is 5.01. The van der Waals surface area contributed by atoms with Gasteiger partial charge in [0.2, 0.25) is 0 Å². The summed E-state index contributed by atoms with van der Waals surface area (Å²) in [7, 11) is 1.42. The summed E-state index contributed by atoms with van der Waals surface area (Å²) in [6.45, 7) is 5.80. The Kier molecular flexibility index (Phi) is 8.02. The van der Waals surface area contributed by atoms with E-state index < -0.39 is 17.7 Å². The van der Waals surface area contributed by atoms with Crippen LogP contribution in [0.1, 0.15) is 31.0 Å². The molecule has 1 heterocycles. The number of nitrogens with zero attached hydrogens (tertiary/aromatic N) is 2. The summed E-state index contributed by atoms with van der Waals surface area (Å²) < 4.78 is 5.19. The Balaban J connectivity index is 1.92. The molecular formula is C28H25Cl3N2O4. The summed E-state index contributed by atoms with van der Waals surface area (Å²) >= 11 is 18.7. The molecule has 1 atom stereocenters. The molecule has 0 saturated carbocycles. The minimum atomic E-state index is -0.897. The van der Waals surface area contributed by atoms with Crippen molar-refractivity contribution in [2.24, 2.45) is 0 Å². The molecule has 3 aromatic rings. The number of aliphatic hydroxyl groups excluding tert-OH is 1. The lowest BCUT2D eigenvalue weighted by molar-refractivity contribution is -0.132.